The summed E-state index contributed by atoms with van der Waals surface area (Å²) in [7, 11) is 3.56. The second kappa shape index (κ2) is 3.47. The fraction of sp³-hybridized carbons (Fsp3) is 0.300. The first-order chi connectivity index (χ1) is 6.27. The number of halogens is 1. The zero-order chi connectivity index (χ0) is 9.26. The van der Waals surface area contributed by atoms with Crippen LogP contribution in [0.3, 0.4) is 0 Å². The average Bonchev–Trinajstić information content (AvgIpc) is 2.53. The predicted octanol–water partition coefficient (Wildman–Crippen LogP) is 2.70. The molecule has 1 aliphatic rings. The van der Waals surface area contributed by atoms with E-state index in [4.69, 9.17) is 0 Å². The number of nitrogens with zero attached hydrogens (tertiary/aromatic N) is 1. The summed E-state index contributed by atoms with van der Waals surface area (Å²) in [5.41, 5.74) is 2.25. The molecule has 0 amide bonds. The van der Waals surface area contributed by atoms with Gasteiger partial charge in [0.15, 0.2) is 0 Å². The topological polar surface area (TPSA) is 3.24 Å². The molecular weight excluding hydrogens is 184 g/mol. The van der Waals surface area contributed by atoms with Gasteiger partial charge in [-0.2, -0.15) is 0 Å². The van der Waals surface area contributed by atoms with Crippen LogP contribution >= 0.6 is 8.86 Å². The minimum Gasteiger partial charge on any atom is -0.342 e. The van der Waals surface area contributed by atoms with Crippen molar-refractivity contribution in [3.63, 3.8) is 0 Å². The van der Waals surface area contributed by atoms with Crippen LogP contribution in [0.1, 0.15) is 12.8 Å². The van der Waals surface area contributed by atoms with Crippen molar-refractivity contribution in [3.8, 4) is 0 Å². The number of rotatable bonds is 1. The van der Waals surface area contributed by atoms with E-state index in [1.54, 1.807) is 12.1 Å². The van der Waals surface area contributed by atoms with Crippen LogP contribution in [0.5, 0.6) is 0 Å². The summed E-state index contributed by atoms with van der Waals surface area (Å²) in [5, 5.41) is 0. The molecule has 1 heterocycles. The fourth-order valence-electron chi connectivity index (χ4n) is 1.58. The van der Waals surface area contributed by atoms with Gasteiger partial charge in [0.1, 0.15) is 5.82 Å². The Balaban J connectivity index is 2.25. The van der Waals surface area contributed by atoms with E-state index in [2.05, 4.69) is 13.8 Å². The highest BCUT2D eigenvalue weighted by atomic mass is 31.0. The Labute approximate surface area is 79.4 Å². The van der Waals surface area contributed by atoms with E-state index < -0.39 is 0 Å². The van der Waals surface area contributed by atoms with Crippen molar-refractivity contribution in [2.45, 2.75) is 12.8 Å². The molecule has 1 fully saturated rings. The molecule has 68 valence electrons. The Kier molecular flexibility index (Phi) is 2.32. The van der Waals surface area contributed by atoms with Gasteiger partial charge in [0.2, 0.25) is 0 Å². The third kappa shape index (κ3) is 1.73. The van der Waals surface area contributed by atoms with Crippen LogP contribution in [0, 0.1) is 5.82 Å². The zero-order valence-corrected chi connectivity index (χ0v) is 8.26. The summed E-state index contributed by atoms with van der Waals surface area (Å²) in [5.74, 6) is -0.182. The molecule has 0 radical (unpaired) electrons. The van der Waals surface area contributed by atoms with Gasteiger partial charge in [-0.05, 0) is 37.1 Å². The van der Waals surface area contributed by atoms with Gasteiger partial charge >= 0.3 is 0 Å². The van der Waals surface area contributed by atoms with Crippen LogP contribution in [0.4, 0.5) is 10.1 Å². The summed E-state index contributed by atoms with van der Waals surface area (Å²) in [6, 6.07) is 6.60. The van der Waals surface area contributed by atoms with Crippen molar-refractivity contribution in [1.82, 2.24) is 0 Å². The Bertz CT molecular complexity index is 320. The molecule has 0 saturated carbocycles. The first kappa shape index (κ1) is 8.71. The fourth-order valence-corrected chi connectivity index (χ4v) is 2.00. The number of benzene rings is 1. The van der Waals surface area contributed by atoms with E-state index in [1.165, 1.54) is 17.6 Å². The Morgan fingerprint density at radius 2 is 1.92 bits per heavy atom. The monoisotopic (exact) mass is 195 g/mol. The lowest BCUT2D eigenvalue weighted by Crippen LogP contribution is -2.21. The Morgan fingerprint density at radius 1 is 1.23 bits per heavy atom. The van der Waals surface area contributed by atoms with E-state index >= 15 is 0 Å². The Hall–Kier alpha value is -0.880. The van der Waals surface area contributed by atoms with Gasteiger partial charge in [-0.1, -0.05) is 0 Å². The van der Waals surface area contributed by atoms with Crippen LogP contribution < -0.4 is 4.90 Å². The van der Waals surface area contributed by atoms with Crippen molar-refractivity contribution < 1.29 is 4.39 Å². The molecule has 0 aromatic heterocycles. The van der Waals surface area contributed by atoms with Crippen molar-refractivity contribution in [3.05, 3.63) is 30.1 Å². The molecule has 0 N–H and O–H groups in total. The third-order valence-corrected chi connectivity index (χ3v) is 2.78. The summed E-state index contributed by atoms with van der Waals surface area (Å²) < 4.78 is 12.6. The average molecular weight is 195 g/mol. The minimum absolute atomic E-state index is 0.182. The van der Waals surface area contributed by atoms with Gasteiger partial charge in [-0.25, -0.2) is 4.39 Å². The molecule has 1 saturated heterocycles. The molecule has 3 heteroatoms. The van der Waals surface area contributed by atoms with Crippen LogP contribution in [-0.4, -0.2) is 12.0 Å². The maximum atomic E-state index is 12.6. The van der Waals surface area contributed by atoms with Crippen LogP contribution in [0.2, 0.25) is 0 Å². The zero-order valence-electron chi connectivity index (χ0n) is 7.26. The summed E-state index contributed by atoms with van der Waals surface area (Å²) >= 11 is 0. The molecule has 1 aromatic rings. The Morgan fingerprint density at radius 3 is 2.46 bits per heavy atom. The van der Waals surface area contributed by atoms with Gasteiger partial charge in [-0.15, -0.1) is 8.86 Å². The number of hydrogen-bond donors (Lipinski definition) is 0. The second-order valence-electron chi connectivity index (χ2n) is 3.18. The van der Waals surface area contributed by atoms with Crippen LogP contribution in [0.25, 0.3) is 0 Å². The smallest absolute Gasteiger partial charge is 0.123 e. The molecule has 0 atom stereocenters. The lowest BCUT2D eigenvalue weighted by Gasteiger charge is -2.18. The van der Waals surface area contributed by atoms with Gasteiger partial charge < -0.3 is 4.90 Å². The normalized spacial score (nSPS) is 16.7. The highest BCUT2D eigenvalue weighted by Gasteiger charge is 2.16. The van der Waals surface area contributed by atoms with E-state index in [0.717, 1.165) is 25.1 Å². The minimum atomic E-state index is -0.182. The van der Waals surface area contributed by atoms with E-state index in [0.29, 0.717) is 0 Å². The van der Waals surface area contributed by atoms with Crippen molar-refractivity contribution in [1.29, 1.82) is 0 Å². The molecule has 0 bridgehead atoms. The van der Waals surface area contributed by atoms with Crippen LogP contribution in [-0.2, 0) is 0 Å². The molecule has 13 heavy (non-hydrogen) atoms. The third-order valence-electron chi connectivity index (χ3n) is 2.26. The first-order valence-electron chi connectivity index (χ1n) is 4.38. The first-order valence-corrected chi connectivity index (χ1v) is 4.88. The van der Waals surface area contributed by atoms with E-state index in [9.17, 15) is 4.39 Å². The molecule has 1 nitrogen and oxygen atoms in total. The van der Waals surface area contributed by atoms with E-state index in [1.807, 2.05) is 0 Å². The van der Waals surface area contributed by atoms with Crippen LogP contribution in [0.15, 0.2) is 24.3 Å². The predicted molar refractivity (Wildman–Crippen MR) is 56.3 cm³/mol. The molecule has 0 unspecified atom stereocenters. The maximum Gasteiger partial charge on any atom is 0.123 e. The van der Waals surface area contributed by atoms with Gasteiger partial charge in [0.05, 0.1) is 0 Å². The molecule has 1 aromatic carbocycles. The largest absolute Gasteiger partial charge is 0.342 e. The molecule has 2 rings (SSSR count). The summed E-state index contributed by atoms with van der Waals surface area (Å²) in [4.78, 5) is 2.16. The highest BCUT2D eigenvalue weighted by Crippen LogP contribution is 2.22. The number of anilines is 1. The SMILES string of the molecule is Fc1ccc(N2CCCC2=P)cc1. The molecule has 0 aliphatic carbocycles. The standard InChI is InChI=1S/C10H11FNP/c11-8-3-5-9(6-4-8)12-7-1-2-10(12)13/h3-6,13H,1-2,7H2. The second-order valence-corrected chi connectivity index (χ2v) is 3.76. The van der Waals surface area contributed by atoms with Crippen molar-refractivity contribution in [2.24, 2.45) is 0 Å². The summed E-state index contributed by atoms with van der Waals surface area (Å²) in [6.07, 6.45) is 2.24. The highest BCUT2D eigenvalue weighted by molar-refractivity contribution is 7.21. The quantitative estimate of drug-likeness (QED) is 0.623. The van der Waals surface area contributed by atoms with Gasteiger partial charge in [-0.3, -0.25) is 0 Å². The molecule has 0 spiro atoms. The van der Waals surface area contributed by atoms with Gasteiger partial charge in [0, 0.05) is 17.6 Å². The van der Waals surface area contributed by atoms with Crippen molar-refractivity contribution >= 4 is 20.0 Å². The number of hydrogen-bond acceptors (Lipinski definition) is 0. The van der Waals surface area contributed by atoms with Crippen molar-refractivity contribution in [2.75, 3.05) is 11.4 Å². The lowest BCUT2D eigenvalue weighted by atomic mass is 10.3. The lowest BCUT2D eigenvalue weighted by molar-refractivity contribution is 0.628. The maximum absolute atomic E-state index is 12.6. The van der Waals surface area contributed by atoms with E-state index in [-0.39, 0.29) is 5.82 Å². The van der Waals surface area contributed by atoms with Gasteiger partial charge in [0.25, 0.3) is 0 Å². The molecular formula is C10H11FNP. The summed E-state index contributed by atoms with van der Waals surface area (Å²) in [6.45, 7) is 1.02. The molecule has 1 aliphatic heterocycles.